The van der Waals surface area contributed by atoms with Crippen LogP contribution in [0.1, 0.15) is 63.2 Å². The summed E-state index contributed by atoms with van der Waals surface area (Å²) in [5, 5.41) is 0. The Morgan fingerprint density at radius 3 is 2.45 bits per heavy atom. The second-order valence-electron chi connectivity index (χ2n) is 6.71. The first-order valence-corrected chi connectivity index (χ1v) is 9.62. The summed E-state index contributed by atoms with van der Waals surface area (Å²) in [6.07, 6.45) is 0. The molecule has 2 aromatic rings. The number of carbonyl (C=O) groups excluding carboxylic acids is 3. The number of benzene rings is 1. The average molecular weight is 400 g/mol. The van der Waals surface area contributed by atoms with Gasteiger partial charge in [-0.15, -0.1) is 0 Å². The Morgan fingerprint density at radius 1 is 1.17 bits per heavy atom. The van der Waals surface area contributed by atoms with E-state index in [2.05, 4.69) is 4.98 Å². The minimum Gasteiger partial charge on any atom is -0.497 e. The molecular weight excluding hydrogens is 372 g/mol. The minimum absolute atomic E-state index is 0.232. The van der Waals surface area contributed by atoms with Gasteiger partial charge in [-0.1, -0.05) is 6.07 Å². The summed E-state index contributed by atoms with van der Waals surface area (Å²) < 4.78 is 10.2. The lowest BCUT2D eigenvalue weighted by Crippen LogP contribution is -2.43. The quantitative estimate of drug-likeness (QED) is 0.541. The molecule has 2 rings (SSSR count). The molecular formula is C22H28N2O5. The van der Waals surface area contributed by atoms with Crippen molar-refractivity contribution in [3.05, 3.63) is 52.3 Å². The van der Waals surface area contributed by atoms with E-state index in [-0.39, 0.29) is 24.0 Å². The number of Topliss-reactive ketones (excluding diaryl/α,β-unsaturated/α-hetero) is 1. The second-order valence-corrected chi connectivity index (χ2v) is 6.71. The molecule has 1 aromatic heterocycles. The zero-order chi connectivity index (χ0) is 21.7. The van der Waals surface area contributed by atoms with Crippen LogP contribution in [-0.4, -0.2) is 53.8 Å². The predicted octanol–water partition coefficient (Wildman–Crippen LogP) is 3.55. The molecule has 0 saturated carbocycles. The van der Waals surface area contributed by atoms with Crippen LogP contribution in [0.2, 0.25) is 0 Å². The number of aromatic nitrogens is 1. The van der Waals surface area contributed by atoms with Crippen LogP contribution in [0.3, 0.4) is 0 Å². The highest BCUT2D eigenvalue weighted by Crippen LogP contribution is 2.23. The summed E-state index contributed by atoms with van der Waals surface area (Å²) in [4.78, 5) is 42.9. The summed E-state index contributed by atoms with van der Waals surface area (Å²) >= 11 is 0. The molecule has 0 aliphatic rings. The van der Waals surface area contributed by atoms with Gasteiger partial charge in [-0.05, 0) is 58.4 Å². The van der Waals surface area contributed by atoms with E-state index in [1.807, 2.05) is 6.92 Å². The highest BCUT2D eigenvalue weighted by Gasteiger charge is 2.31. The molecule has 1 heterocycles. The summed E-state index contributed by atoms with van der Waals surface area (Å²) in [5.74, 6) is -0.421. The van der Waals surface area contributed by atoms with E-state index < -0.39 is 12.0 Å². The van der Waals surface area contributed by atoms with Crippen molar-refractivity contribution in [2.75, 3.05) is 20.3 Å². The number of carbonyl (C=O) groups is 3. The number of ketones is 1. The number of aryl methyl sites for hydroxylation is 1. The van der Waals surface area contributed by atoms with Crippen LogP contribution in [0.4, 0.5) is 0 Å². The summed E-state index contributed by atoms with van der Waals surface area (Å²) in [6.45, 7) is 9.28. The van der Waals surface area contributed by atoms with Crippen LogP contribution in [0, 0.1) is 13.8 Å². The maximum atomic E-state index is 13.2. The molecule has 1 aromatic carbocycles. The van der Waals surface area contributed by atoms with Gasteiger partial charge < -0.3 is 19.4 Å². The summed E-state index contributed by atoms with van der Waals surface area (Å²) in [5.41, 5.74) is 2.23. The Bertz CT molecular complexity index is 916. The monoisotopic (exact) mass is 400 g/mol. The molecule has 0 aliphatic carbocycles. The van der Waals surface area contributed by atoms with E-state index in [1.165, 1.54) is 12.0 Å². The number of rotatable bonds is 8. The van der Waals surface area contributed by atoms with Gasteiger partial charge in [0.25, 0.3) is 5.91 Å². The molecule has 1 atom stereocenters. The molecule has 1 amide bonds. The van der Waals surface area contributed by atoms with Crippen molar-refractivity contribution >= 4 is 17.7 Å². The van der Waals surface area contributed by atoms with Crippen molar-refractivity contribution in [3.8, 4) is 5.75 Å². The Balaban J connectivity index is 2.34. The first-order valence-electron chi connectivity index (χ1n) is 9.62. The molecule has 7 nitrogen and oxygen atoms in total. The molecule has 0 unspecified atom stereocenters. The van der Waals surface area contributed by atoms with E-state index in [4.69, 9.17) is 9.47 Å². The van der Waals surface area contributed by atoms with Gasteiger partial charge in [0, 0.05) is 23.4 Å². The lowest BCUT2D eigenvalue weighted by molar-refractivity contribution is 0.0519. The number of H-pyrrole nitrogens is 1. The zero-order valence-electron chi connectivity index (χ0n) is 17.8. The van der Waals surface area contributed by atoms with Crippen molar-refractivity contribution in [3.63, 3.8) is 0 Å². The highest BCUT2D eigenvalue weighted by molar-refractivity contribution is 6.07. The molecule has 0 saturated heterocycles. The second kappa shape index (κ2) is 9.41. The van der Waals surface area contributed by atoms with E-state index in [0.29, 0.717) is 34.7 Å². The maximum absolute atomic E-state index is 13.2. The summed E-state index contributed by atoms with van der Waals surface area (Å²) in [7, 11) is 1.53. The van der Waals surface area contributed by atoms with E-state index >= 15 is 0 Å². The van der Waals surface area contributed by atoms with Crippen molar-refractivity contribution in [1.29, 1.82) is 0 Å². The lowest BCUT2D eigenvalue weighted by Gasteiger charge is -2.27. The van der Waals surface area contributed by atoms with Crippen molar-refractivity contribution < 1.29 is 23.9 Å². The van der Waals surface area contributed by atoms with E-state index in [9.17, 15) is 14.4 Å². The predicted molar refractivity (Wildman–Crippen MR) is 110 cm³/mol. The van der Waals surface area contributed by atoms with Gasteiger partial charge in [0.1, 0.15) is 11.4 Å². The average Bonchev–Trinajstić information content (AvgIpc) is 3.02. The number of hydrogen-bond acceptors (Lipinski definition) is 5. The molecule has 29 heavy (non-hydrogen) atoms. The SMILES string of the molecule is CCOC(=O)c1[nH]c(C)c(C(=O)[C@H](C)N(CC)C(=O)c2cccc(OC)c2)c1C. The number of likely N-dealkylation sites (N-methyl/N-ethyl adjacent to an activating group) is 1. The third-order valence-electron chi connectivity index (χ3n) is 4.93. The topological polar surface area (TPSA) is 88.7 Å². The lowest BCUT2D eigenvalue weighted by atomic mass is 9.99. The maximum Gasteiger partial charge on any atom is 0.355 e. The molecule has 0 spiro atoms. The fourth-order valence-corrected chi connectivity index (χ4v) is 3.39. The van der Waals surface area contributed by atoms with Crippen molar-refractivity contribution in [1.82, 2.24) is 9.88 Å². The van der Waals surface area contributed by atoms with Gasteiger partial charge in [0.15, 0.2) is 5.78 Å². The number of nitrogens with one attached hydrogen (secondary N) is 1. The van der Waals surface area contributed by atoms with Crippen LogP contribution in [0.5, 0.6) is 5.75 Å². The van der Waals surface area contributed by atoms with Crippen LogP contribution in [0.15, 0.2) is 24.3 Å². The van der Waals surface area contributed by atoms with Crippen molar-refractivity contribution in [2.24, 2.45) is 0 Å². The van der Waals surface area contributed by atoms with Gasteiger partial charge in [0.2, 0.25) is 0 Å². The number of nitrogens with zero attached hydrogens (tertiary/aromatic N) is 1. The van der Waals surface area contributed by atoms with Crippen LogP contribution in [0.25, 0.3) is 0 Å². The van der Waals surface area contributed by atoms with Gasteiger partial charge in [-0.3, -0.25) is 9.59 Å². The molecule has 0 aliphatic heterocycles. The smallest absolute Gasteiger partial charge is 0.355 e. The largest absolute Gasteiger partial charge is 0.497 e. The van der Waals surface area contributed by atoms with E-state index in [0.717, 1.165) is 0 Å². The zero-order valence-corrected chi connectivity index (χ0v) is 17.8. The van der Waals surface area contributed by atoms with Crippen molar-refractivity contribution in [2.45, 2.75) is 40.7 Å². The number of esters is 1. The Labute approximate surface area is 171 Å². The molecule has 0 fully saturated rings. The van der Waals surface area contributed by atoms with E-state index in [1.54, 1.807) is 52.0 Å². The third kappa shape index (κ3) is 4.50. The fourth-order valence-electron chi connectivity index (χ4n) is 3.39. The number of methoxy groups -OCH3 is 1. The van der Waals surface area contributed by atoms with Gasteiger partial charge in [0.05, 0.1) is 19.8 Å². The third-order valence-corrected chi connectivity index (χ3v) is 4.93. The Kier molecular flexibility index (Phi) is 7.20. The molecule has 0 bridgehead atoms. The van der Waals surface area contributed by atoms with Crippen LogP contribution in [-0.2, 0) is 4.74 Å². The number of ether oxygens (including phenoxy) is 2. The van der Waals surface area contributed by atoms with Gasteiger partial charge in [-0.25, -0.2) is 4.79 Å². The molecule has 1 N–H and O–H groups in total. The summed E-state index contributed by atoms with van der Waals surface area (Å²) in [6, 6.07) is 6.12. The number of aromatic amines is 1. The first-order chi connectivity index (χ1) is 13.8. The van der Waals surface area contributed by atoms with Gasteiger partial charge >= 0.3 is 5.97 Å². The Hall–Kier alpha value is -3.09. The normalized spacial score (nSPS) is 11.7. The fraction of sp³-hybridized carbons (Fsp3) is 0.409. The number of hydrogen-bond donors (Lipinski definition) is 1. The molecule has 156 valence electrons. The first kappa shape index (κ1) is 22.2. The van der Waals surface area contributed by atoms with Gasteiger partial charge in [-0.2, -0.15) is 0 Å². The molecule has 0 radical (unpaired) electrons. The van der Waals surface area contributed by atoms with Crippen LogP contribution < -0.4 is 4.74 Å². The highest BCUT2D eigenvalue weighted by atomic mass is 16.5. The Morgan fingerprint density at radius 2 is 1.86 bits per heavy atom. The number of amides is 1. The minimum atomic E-state index is -0.707. The molecule has 7 heteroatoms. The standard InChI is InChI=1S/C22H28N2O5/c1-7-24(21(26)16-10-9-11-17(12-16)28-6)15(5)20(25)18-13(3)19(23-14(18)4)22(27)29-8-2/h9-12,15,23H,7-8H2,1-6H3/t15-/m0/s1. The van der Waals surface area contributed by atoms with Crippen LogP contribution >= 0.6 is 0 Å².